The van der Waals surface area contributed by atoms with Crippen LogP contribution in [0.15, 0.2) is 58.4 Å². The summed E-state index contributed by atoms with van der Waals surface area (Å²) in [6, 6.07) is 14.4. The Bertz CT molecular complexity index is 722. The van der Waals surface area contributed by atoms with Gasteiger partial charge in [-0.05, 0) is 36.9 Å². The van der Waals surface area contributed by atoms with Gasteiger partial charge in [0, 0.05) is 6.54 Å². The third kappa shape index (κ3) is 4.00. The Morgan fingerprint density at radius 2 is 1.67 bits per heavy atom. The van der Waals surface area contributed by atoms with E-state index < -0.39 is 10.0 Å². The van der Waals surface area contributed by atoms with Gasteiger partial charge >= 0.3 is 0 Å². The second-order valence-corrected chi connectivity index (χ2v) is 6.55. The van der Waals surface area contributed by atoms with Crippen molar-refractivity contribution in [1.29, 1.82) is 0 Å². The average Bonchev–Trinajstić information content (AvgIpc) is 2.47. The van der Waals surface area contributed by atoms with Crippen LogP contribution in [0.3, 0.4) is 0 Å². The zero-order valence-corrected chi connectivity index (χ0v) is 12.7. The van der Waals surface area contributed by atoms with Gasteiger partial charge in [0.15, 0.2) is 0 Å². The van der Waals surface area contributed by atoms with Crippen LogP contribution in [-0.2, 0) is 23.1 Å². The molecule has 0 amide bonds. The second-order valence-electron chi connectivity index (χ2n) is 4.79. The molecule has 0 aliphatic rings. The van der Waals surface area contributed by atoms with Crippen molar-refractivity contribution < 1.29 is 8.42 Å². The molecule has 110 valence electrons. The number of hydrogen-bond donors (Lipinski definition) is 1. The Labute approximate surface area is 125 Å². The van der Waals surface area contributed by atoms with Crippen LogP contribution in [-0.4, -0.2) is 15.1 Å². The molecule has 21 heavy (non-hydrogen) atoms. The lowest BCUT2D eigenvalue weighted by Crippen LogP contribution is -2.23. The van der Waals surface area contributed by atoms with E-state index >= 15 is 0 Å². The highest BCUT2D eigenvalue weighted by Crippen LogP contribution is 2.13. The summed E-state index contributed by atoms with van der Waals surface area (Å²) >= 11 is 0. The fraction of sp³-hybridized carbons (Fsp3) is 0.188. The molecular weight excluding hydrogens is 284 g/mol. The molecule has 4 nitrogen and oxygen atoms in total. The lowest BCUT2D eigenvalue weighted by molar-refractivity contribution is 0.581. The minimum Gasteiger partial charge on any atom is -0.296 e. The van der Waals surface area contributed by atoms with Crippen LogP contribution in [0.2, 0.25) is 0 Å². The van der Waals surface area contributed by atoms with Crippen molar-refractivity contribution in [2.24, 2.45) is 4.99 Å². The molecule has 0 aliphatic carbocycles. The predicted molar refractivity (Wildman–Crippen MR) is 84.9 cm³/mol. The highest BCUT2D eigenvalue weighted by atomic mass is 32.2. The van der Waals surface area contributed by atoms with Crippen LogP contribution in [0.1, 0.15) is 16.7 Å². The van der Waals surface area contributed by atoms with Gasteiger partial charge in [0.05, 0.1) is 11.4 Å². The Balaban J connectivity index is 2.15. The summed E-state index contributed by atoms with van der Waals surface area (Å²) in [5.41, 5.74) is 2.90. The molecule has 0 atom stereocenters. The summed E-state index contributed by atoms with van der Waals surface area (Å²) in [6.07, 6.45) is 0. The van der Waals surface area contributed by atoms with E-state index in [4.69, 9.17) is 0 Å². The number of aryl methyl sites for hydroxylation is 1. The van der Waals surface area contributed by atoms with Crippen molar-refractivity contribution in [3.63, 3.8) is 0 Å². The molecule has 0 aliphatic heterocycles. The quantitative estimate of drug-likeness (QED) is 0.834. The maximum atomic E-state index is 12.2. The normalized spacial score (nSPS) is 11.3. The highest BCUT2D eigenvalue weighted by molar-refractivity contribution is 7.89. The largest absolute Gasteiger partial charge is 0.296 e. The van der Waals surface area contributed by atoms with E-state index in [0.717, 1.165) is 16.7 Å². The second kappa shape index (κ2) is 6.65. The van der Waals surface area contributed by atoms with E-state index in [1.54, 1.807) is 24.3 Å². The van der Waals surface area contributed by atoms with Crippen molar-refractivity contribution in [2.75, 3.05) is 0 Å². The van der Waals surface area contributed by atoms with Gasteiger partial charge in [0.2, 0.25) is 10.0 Å². The number of rotatable bonds is 6. The predicted octanol–water partition coefficient (Wildman–Crippen LogP) is 2.67. The molecule has 0 spiro atoms. The van der Waals surface area contributed by atoms with Gasteiger partial charge in [0.1, 0.15) is 0 Å². The van der Waals surface area contributed by atoms with E-state index in [-0.39, 0.29) is 11.4 Å². The Morgan fingerprint density at radius 3 is 2.29 bits per heavy atom. The molecule has 0 bridgehead atoms. The average molecular weight is 302 g/mol. The first-order chi connectivity index (χ1) is 10.0. The highest BCUT2D eigenvalue weighted by Gasteiger charge is 2.13. The van der Waals surface area contributed by atoms with E-state index in [1.807, 2.05) is 31.2 Å². The molecule has 2 aromatic carbocycles. The smallest absolute Gasteiger partial charge is 0.240 e. The summed E-state index contributed by atoms with van der Waals surface area (Å²) < 4.78 is 27.1. The first kappa shape index (κ1) is 15.4. The summed E-state index contributed by atoms with van der Waals surface area (Å²) in [4.78, 5) is 4.12. The third-order valence-corrected chi connectivity index (χ3v) is 4.60. The number of benzene rings is 2. The molecular formula is C16H18N2O2S. The Kier molecular flexibility index (Phi) is 4.88. The number of aliphatic imine (C=N–C) groups is 1. The number of nitrogens with one attached hydrogen (secondary N) is 1. The number of nitrogens with zero attached hydrogens (tertiary/aromatic N) is 1. The van der Waals surface area contributed by atoms with Gasteiger partial charge in [-0.15, -0.1) is 0 Å². The van der Waals surface area contributed by atoms with Gasteiger partial charge in [-0.2, -0.15) is 0 Å². The van der Waals surface area contributed by atoms with Crippen molar-refractivity contribution in [3.8, 4) is 0 Å². The molecule has 2 rings (SSSR count). The molecule has 0 unspecified atom stereocenters. The number of hydrogen-bond acceptors (Lipinski definition) is 3. The summed E-state index contributed by atoms with van der Waals surface area (Å²) in [5, 5.41) is 0. The summed E-state index contributed by atoms with van der Waals surface area (Å²) in [5.74, 6) is 0. The van der Waals surface area contributed by atoms with E-state index in [2.05, 4.69) is 16.4 Å². The number of sulfonamides is 1. The fourth-order valence-corrected chi connectivity index (χ4v) is 2.98. The molecule has 0 fully saturated rings. The molecule has 0 heterocycles. The summed E-state index contributed by atoms with van der Waals surface area (Å²) in [6.45, 7) is 6.10. The Hall–Kier alpha value is -1.98. The third-order valence-electron chi connectivity index (χ3n) is 3.18. The van der Waals surface area contributed by atoms with Crippen LogP contribution in [0, 0.1) is 6.92 Å². The van der Waals surface area contributed by atoms with Crippen molar-refractivity contribution >= 4 is 16.7 Å². The summed E-state index contributed by atoms with van der Waals surface area (Å²) in [7, 11) is -3.50. The van der Waals surface area contributed by atoms with Crippen LogP contribution in [0.5, 0.6) is 0 Å². The fourth-order valence-electron chi connectivity index (χ4n) is 1.98. The SMILES string of the molecule is C=NCc1ccccc1CNS(=O)(=O)c1ccc(C)cc1. The molecule has 0 radical (unpaired) electrons. The molecule has 2 aromatic rings. The van der Waals surface area contributed by atoms with Crippen LogP contribution in [0.25, 0.3) is 0 Å². The molecule has 0 saturated heterocycles. The van der Waals surface area contributed by atoms with Gasteiger partial charge in [-0.3, -0.25) is 4.99 Å². The van der Waals surface area contributed by atoms with Crippen molar-refractivity contribution in [2.45, 2.75) is 24.9 Å². The standard InChI is InChI=1S/C16H18N2O2S/c1-13-7-9-16(10-8-13)21(19,20)18-12-15-6-4-3-5-14(15)11-17-2/h3-10,18H,2,11-12H2,1H3. The van der Waals surface area contributed by atoms with Crippen molar-refractivity contribution in [1.82, 2.24) is 4.72 Å². The monoisotopic (exact) mass is 302 g/mol. The minimum absolute atomic E-state index is 0.238. The van der Waals surface area contributed by atoms with E-state index in [0.29, 0.717) is 6.54 Å². The van der Waals surface area contributed by atoms with Gasteiger partial charge in [0.25, 0.3) is 0 Å². The molecule has 0 saturated carbocycles. The topological polar surface area (TPSA) is 58.5 Å². The Morgan fingerprint density at radius 1 is 1.05 bits per heavy atom. The van der Waals surface area contributed by atoms with Crippen molar-refractivity contribution in [3.05, 3.63) is 65.2 Å². The molecule has 0 aromatic heterocycles. The van der Waals surface area contributed by atoms with Gasteiger partial charge in [-0.1, -0.05) is 42.0 Å². The molecule has 5 heteroatoms. The van der Waals surface area contributed by atoms with Crippen LogP contribution in [0.4, 0.5) is 0 Å². The molecule has 1 N–H and O–H groups in total. The maximum absolute atomic E-state index is 12.2. The van der Waals surface area contributed by atoms with Gasteiger partial charge < -0.3 is 0 Å². The van der Waals surface area contributed by atoms with Crippen LogP contribution >= 0.6 is 0 Å². The maximum Gasteiger partial charge on any atom is 0.240 e. The lowest BCUT2D eigenvalue weighted by atomic mass is 10.1. The zero-order valence-electron chi connectivity index (χ0n) is 11.9. The van der Waals surface area contributed by atoms with Crippen LogP contribution < -0.4 is 4.72 Å². The van der Waals surface area contributed by atoms with E-state index in [9.17, 15) is 8.42 Å². The first-order valence-corrected chi connectivity index (χ1v) is 8.07. The first-order valence-electron chi connectivity index (χ1n) is 6.58. The lowest BCUT2D eigenvalue weighted by Gasteiger charge is -2.10. The zero-order chi connectivity index (χ0) is 15.3. The minimum atomic E-state index is -3.50. The van der Waals surface area contributed by atoms with Gasteiger partial charge in [-0.25, -0.2) is 13.1 Å². The van der Waals surface area contributed by atoms with E-state index in [1.165, 1.54) is 0 Å².